The number of nitrogens with one attached hydrogen (secondary N) is 2. The first-order valence-corrected chi connectivity index (χ1v) is 10.1. The van der Waals surface area contributed by atoms with Crippen molar-refractivity contribution in [3.63, 3.8) is 0 Å². The summed E-state index contributed by atoms with van der Waals surface area (Å²) >= 11 is 0. The first-order chi connectivity index (χ1) is 13.2. The van der Waals surface area contributed by atoms with Gasteiger partial charge in [0.2, 0.25) is 0 Å². The van der Waals surface area contributed by atoms with Crippen LogP contribution in [0.25, 0.3) is 0 Å². The fraction of sp³-hybridized carbons (Fsp3) is 0.667. The Bertz CT molecular complexity index is 557. The quantitative estimate of drug-likeness (QED) is 0.372. The summed E-state index contributed by atoms with van der Waals surface area (Å²) in [4.78, 5) is 4.32. The summed E-state index contributed by atoms with van der Waals surface area (Å²) in [5.41, 5.74) is 1.09. The molecular formula is C21H34FN3O2. The Morgan fingerprint density at radius 2 is 1.85 bits per heavy atom. The van der Waals surface area contributed by atoms with Crippen molar-refractivity contribution >= 4 is 5.96 Å². The molecule has 2 N–H and O–H groups in total. The van der Waals surface area contributed by atoms with Crippen LogP contribution in [-0.4, -0.2) is 52.5 Å². The Morgan fingerprint density at radius 3 is 2.52 bits per heavy atom. The maximum atomic E-state index is 13.3. The number of hydrogen-bond acceptors (Lipinski definition) is 3. The molecule has 1 saturated heterocycles. The molecule has 1 aromatic carbocycles. The second kappa shape index (κ2) is 11.9. The van der Waals surface area contributed by atoms with E-state index in [1.165, 1.54) is 12.1 Å². The van der Waals surface area contributed by atoms with Crippen molar-refractivity contribution in [3.8, 4) is 0 Å². The molecule has 0 aromatic heterocycles. The topological polar surface area (TPSA) is 54.9 Å². The lowest BCUT2D eigenvalue weighted by atomic mass is 9.74. The number of hydrogen-bond donors (Lipinski definition) is 2. The molecule has 0 saturated carbocycles. The van der Waals surface area contributed by atoms with E-state index in [2.05, 4.69) is 22.5 Å². The number of ether oxygens (including phenoxy) is 2. The average Bonchev–Trinajstić information content (AvgIpc) is 2.70. The molecule has 0 aliphatic carbocycles. The highest BCUT2D eigenvalue weighted by molar-refractivity contribution is 5.79. The summed E-state index contributed by atoms with van der Waals surface area (Å²) < 4.78 is 24.5. The van der Waals surface area contributed by atoms with E-state index >= 15 is 0 Å². The van der Waals surface area contributed by atoms with Crippen LogP contribution in [0.15, 0.2) is 29.3 Å². The number of guanidine groups is 1. The molecule has 1 aliphatic heterocycles. The first-order valence-electron chi connectivity index (χ1n) is 10.1. The lowest BCUT2D eigenvalue weighted by molar-refractivity contribution is 0.0513. The molecule has 0 radical (unpaired) electrons. The van der Waals surface area contributed by atoms with Crippen LogP contribution in [0.3, 0.4) is 0 Å². The van der Waals surface area contributed by atoms with Crippen molar-refractivity contribution in [1.82, 2.24) is 10.6 Å². The highest BCUT2D eigenvalue weighted by atomic mass is 19.1. The fourth-order valence-electron chi connectivity index (χ4n) is 3.34. The Kier molecular flexibility index (Phi) is 9.56. The average molecular weight is 380 g/mol. The largest absolute Gasteiger partial charge is 0.381 e. The molecule has 0 bridgehead atoms. The van der Waals surface area contributed by atoms with E-state index in [4.69, 9.17) is 9.47 Å². The molecule has 152 valence electrons. The lowest BCUT2D eigenvalue weighted by Crippen LogP contribution is -2.48. The van der Waals surface area contributed by atoms with Crippen LogP contribution in [0.5, 0.6) is 0 Å². The van der Waals surface area contributed by atoms with Gasteiger partial charge in [-0.15, -0.1) is 0 Å². The summed E-state index contributed by atoms with van der Waals surface area (Å²) in [5.74, 6) is 0.587. The Morgan fingerprint density at radius 1 is 1.15 bits per heavy atom. The summed E-state index contributed by atoms with van der Waals surface area (Å²) in [7, 11) is 1.78. The van der Waals surface area contributed by atoms with E-state index in [0.29, 0.717) is 0 Å². The normalized spacial score (nSPS) is 16.9. The Balaban J connectivity index is 1.83. The van der Waals surface area contributed by atoms with Gasteiger partial charge in [0, 0.05) is 52.0 Å². The smallest absolute Gasteiger partial charge is 0.191 e. The van der Waals surface area contributed by atoms with Crippen LogP contribution in [0.2, 0.25) is 0 Å². The molecule has 1 fully saturated rings. The van der Waals surface area contributed by atoms with E-state index < -0.39 is 0 Å². The molecular weight excluding hydrogens is 345 g/mol. The molecule has 0 spiro atoms. The second-order valence-electron chi connectivity index (χ2n) is 7.07. The summed E-state index contributed by atoms with van der Waals surface area (Å²) in [6.07, 6.45) is 5.05. The van der Waals surface area contributed by atoms with E-state index in [0.717, 1.165) is 83.1 Å². The van der Waals surface area contributed by atoms with Gasteiger partial charge in [0.25, 0.3) is 0 Å². The van der Waals surface area contributed by atoms with Gasteiger partial charge in [-0.1, -0.05) is 25.5 Å². The molecule has 0 amide bonds. The molecule has 2 rings (SSSR count). The van der Waals surface area contributed by atoms with Crippen molar-refractivity contribution in [2.24, 2.45) is 4.99 Å². The second-order valence-corrected chi connectivity index (χ2v) is 7.07. The Labute approximate surface area is 162 Å². The van der Waals surface area contributed by atoms with Gasteiger partial charge < -0.3 is 20.1 Å². The molecule has 27 heavy (non-hydrogen) atoms. The van der Waals surface area contributed by atoms with Gasteiger partial charge in [-0.05, 0) is 43.4 Å². The number of rotatable bonds is 10. The maximum absolute atomic E-state index is 13.3. The van der Waals surface area contributed by atoms with Crippen molar-refractivity contribution in [3.05, 3.63) is 35.6 Å². The van der Waals surface area contributed by atoms with Crippen LogP contribution in [-0.2, 0) is 14.9 Å². The van der Waals surface area contributed by atoms with Crippen molar-refractivity contribution < 1.29 is 13.9 Å². The molecule has 1 aromatic rings. The number of unbranched alkanes of at least 4 members (excludes halogenated alkanes) is 1. The van der Waals surface area contributed by atoms with E-state index in [9.17, 15) is 4.39 Å². The molecule has 0 unspecified atom stereocenters. The van der Waals surface area contributed by atoms with Gasteiger partial charge in [-0.25, -0.2) is 4.39 Å². The van der Waals surface area contributed by atoms with Crippen molar-refractivity contribution in [2.45, 2.75) is 44.4 Å². The van der Waals surface area contributed by atoms with Crippen molar-refractivity contribution in [2.75, 3.05) is 46.6 Å². The predicted octanol–water partition coefficient (Wildman–Crippen LogP) is 3.25. The minimum Gasteiger partial charge on any atom is -0.381 e. The minimum absolute atomic E-state index is 0.0627. The van der Waals surface area contributed by atoms with E-state index in [-0.39, 0.29) is 11.2 Å². The number of nitrogens with zero attached hydrogens (tertiary/aromatic N) is 1. The van der Waals surface area contributed by atoms with Crippen LogP contribution >= 0.6 is 0 Å². The van der Waals surface area contributed by atoms with Crippen LogP contribution in [0.1, 0.15) is 44.6 Å². The maximum Gasteiger partial charge on any atom is 0.191 e. The molecule has 5 nitrogen and oxygen atoms in total. The zero-order chi connectivity index (χ0) is 19.4. The zero-order valence-corrected chi connectivity index (χ0v) is 16.7. The highest BCUT2D eigenvalue weighted by Crippen LogP contribution is 2.34. The van der Waals surface area contributed by atoms with Crippen molar-refractivity contribution in [1.29, 1.82) is 0 Å². The lowest BCUT2D eigenvalue weighted by Gasteiger charge is -2.38. The number of benzene rings is 1. The highest BCUT2D eigenvalue weighted by Gasteiger charge is 2.34. The monoisotopic (exact) mass is 379 g/mol. The van der Waals surface area contributed by atoms with Gasteiger partial charge in [0.05, 0.1) is 0 Å². The fourth-order valence-corrected chi connectivity index (χ4v) is 3.34. The van der Waals surface area contributed by atoms with Crippen LogP contribution in [0.4, 0.5) is 4.39 Å². The standard InChI is InChI=1S/C21H34FN3O2/c1-3-4-13-26-14-5-12-24-20(23-2)25-17-21(10-15-27-16-11-21)18-6-8-19(22)9-7-18/h6-9H,3-5,10-17H2,1-2H3,(H2,23,24,25). The number of halogens is 1. The zero-order valence-electron chi connectivity index (χ0n) is 16.7. The third-order valence-corrected chi connectivity index (χ3v) is 5.12. The van der Waals surface area contributed by atoms with E-state index in [1.54, 1.807) is 7.05 Å². The van der Waals surface area contributed by atoms with Gasteiger partial charge >= 0.3 is 0 Å². The SMILES string of the molecule is CCCCOCCCNC(=NC)NCC1(c2ccc(F)cc2)CCOCC1. The third kappa shape index (κ3) is 7.11. The minimum atomic E-state index is -0.201. The summed E-state index contributed by atoms with van der Waals surface area (Å²) in [6.45, 7) is 6.78. The predicted molar refractivity (Wildman–Crippen MR) is 108 cm³/mol. The van der Waals surface area contributed by atoms with Gasteiger partial charge in [-0.3, -0.25) is 4.99 Å². The summed E-state index contributed by atoms with van der Waals surface area (Å²) in [6, 6.07) is 6.87. The molecule has 1 aliphatic rings. The Hall–Kier alpha value is -1.66. The van der Waals surface area contributed by atoms with Gasteiger partial charge in [-0.2, -0.15) is 0 Å². The van der Waals surface area contributed by atoms with Crippen LogP contribution < -0.4 is 10.6 Å². The molecule has 0 atom stereocenters. The van der Waals surface area contributed by atoms with Gasteiger partial charge in [0.15, 0.2) is 5.96 Å². The molecule has 1 heterocycles. The number of aliphatic imine (C=N–C) groups is 1. The summed E-state index contributed by atoms with van der Waals surface area (Å²) in [5, 5.41) is 6.80. The van der Waals surface area contributed by atoms with E-state index in [1.807, 2.05) is 12.1 Å². The first kappa shape index (κ1) is 21.6. The van der Waals surface area contributed by atoms with Gasteiger partial charge in [0.1, 0.15) is 5.82 Å². The third-order valence-electron chi connectivity index (χ3n) is 5.12. The van der Waals surface area contributed by atoms with Crippen LogP contribution in [0, 0.1) is 5.82 Å². The molecule has 6 heteroatoms.